The standard InChI is InChI=1S/C17H19FN4O/c18-13-3-1-2-12(8-13)16-10-19-6-7-22(16)17(23)15-9-14(20-21-15)11-4-5-11/h1-3,8-9,11,16,19H,4-7,10H2,(H,20,21). The van der Waals surface area contributed by atoms with Crippen LogP contribution in [0, 0.1) is 5.82 Å². The van der Waals surface area contributed by atoms with E-state index in [-0.39, 0.29) is 17.8 Å². The Morgan fingerprint density at radius 1 is 1.30 bits per heavy atom. The van der Waals surface area contributed by atoms with Crippen LogP contribution in [0.15, 0.2) is 30.3 Å². The van der Waals surface area contributed by atoms with Crippen molar-refractivity contribution in [2.24, 2.45) is 0 Å². The number of piperazine rings is 1. The number of amides is 1. The Morgan fingerprint density at radius 2 is 2.17 bits per heavy atom. The van der Waals surface area contributed by atoms with Crippen LogP contribution in [-0.2, 0) is 0 Å². The van der Waals surface area contributed by atoms with E-state index in [2.05, 4.69) is 15.5 Å². The maximum absolute atomic E-state index is 13.5. The molecule has 1 saturated heterocycles. The molecule has 1 saturated carbocycles. The van der Waals surface area contributed by atoms with Crippen molar-refractivity contribution in [1.82, 2.24) is 20.4 Å². The van der Waals surface area contributed by atoms with Crippen LogP contribution in [-0.4, -0.2) is 40.6 Å². The summed E-state index contributed by atoms with van der Waals surface area (Å²) in [4.78, 5) is 14.6. The largest absolute Gasteiger partial charge is 0.328 e. The quantitative estimate of drug-likeness (QED) is 0.913. The second-order valence-electron chi connectivity index (χ2n) is 6.26. The number of rotatable bonds is 3. The Morgan fingerprint density at radius 3 is 2.96 bits per heavy atom. The second kappa shape index (κ2) is 5.77. The molecular formula is C17H19FN4O. The lowest BCUT2D eigenvalue weighted by atomic mass is 10.0. The van der Waals surface area contributed by atoms with Crippen LogP contribution in [0.3, 0.4) is 0 Å². The number of hydrogen-bond acceptors (Lipinski definition) is 3. The maximum atomic E-state index is 13.5. The Kier molecular flexibility index (Phi) is 3.61. The van der Waals surface area contributed by atoms with Crippen LogP contribution in [0.25, 0.3) is 0 Å². The number of benzene rings is 1. The van der Waals surface area contributed by atoms with Crippen LogP contribution in [0.1, 0.15) is 46.5 Å². The predicted molar refractivity (Wildman–Crippen MR) is 83.6 cm³/mol. The lowest BCUT2D eigenvalue weighted by Crippen LogP contribution is -2.48. The molecule has 1 aliphatic heterocycles. The van der Waals surface area contributed by atoms with E-state index < -0.39 is 0 Å². The number of nitrogens with zero attached hydrogens (tertiary/aromatic N) is 2. The number of hydrogen-bond donors (Lipinski definition) is 2. The van der Waals surface area contributed by atoms with Gasteiger partial charge in [0.1, 0.15) is 11.5 Å². The zero-order chi connectivity index (χ0) is 15.8. The van der Waals surface area contributed by atoms with Gasteiger partial charge in [-0.15, -0.1) is 0 Å². The van der Waals surface area contributed by atoms with Crippen molar-refractivity contribution in [2.75, 3.05) is 19.6 Å². The van der Waals surface area contributed by atoms with Crippen LogP contribution in [0.2, 0.25) is 0 Å². The SMILES string of the molecule is O=C(c1cc(C2CC2)[nH]n1)N1CCNCC1c1cccc(F)c1. The fourth-order valence-electron chi connectivity index (χ4n) is 3.16. The summed E-state index contributed by atoms with van der Waals surface area (Å²) in [6.07, 6.45) is 2.32. The maximum Gasteiger partial charge on any atom is 0.274 e. The van der Waals surface area contributed by atoms with Gasteiger partial charge in [0, 0.05) is 31.2 Å². The molecule has 1 unspecified atom stereocenters. The van der Waals surface area contributed by atoms with Crippen molar-refractivity contribution in [2.45, 2.75) is 24.8 Å². The number of carbonyl (C=O) groups is 1. The first-order valence-corrected chi connectivity index (χ1v) is 8.05. The highest BCUT2D eigenvalue weighted by atomic mass is 19.1. The fraction of sp³-hybridized carbons (Fsp3) is 0.412. The molecule has 1 atom stereocenters. The topological polar surface area (TPSA) is 61.0 Å². The number of H-pyrrole nitrogens is 1. The van der Waals surface area contributed by atoms with Gasteiger partial charge in [0.15, 0.2) is 0 Å². The van der Waals surface area contributed by atoms with Gasteiger partial charge in [-0.05, 0) is 36.6 Å². The van der Waals surface area contributed by atoms with E-state index in [1.165, 1.54) is 12.1 Å². The Hall–Kier alpha value is -2.21. The van der Waals surface area contributed by atoms with Gasteiger partial charge in [0.2, 0.25) is 0 Å². The molecule has 2 aliphatic rings. The lowest BCUT2D eigenvalue weighted by Gasteiger charge is -2.36. The van der Waals surface area contributed by atoms with Gasteiger partial charge in [-0.25, -0.2) is 4.39 Å². The van der Waals surface area contributed by atoms with Gasteiger partial charge < -0.3 is 10.2 Å². The molecule has 1 aliphatic carbocycles. The van der Waals surface area contributed by atoms with Crippen molar-refractivity contribution in [3.05, 3.63) is 53.1 Å². The first kappa shape index (κ1) is 14.4. The summed E-state index contributed by atoms with van der Waals surface area (Å²) in [5.74, 6) is 0.159. The lowest BCUT2D eigenvalue weighted by molar-refractivity contribution is 0.0628. The summed E-state index contributed by atoms with van der Waals surface area (Å²) in [7, 11) is 0. The summed E-state index contributed by atoms with van der Waals surface area (Å²) in [6.45, 7) is 1.94. The van der Waals surface area contributed by atoms with Gasteiger partial charge >= 0.3 is 0 Å². The van der Waals surface area contributed by atoms with Crippen molar-refractivity contribution in [3.63, 3.8) is 0 Å². The number of carbonyl (C=O) groups excluding carboxylic acids is 1. The predicted octanol–water partition coefficient (Wildman–Crippen LogP) is 2.21. The average Bonchev–Trinajstić information content (AvgIpc) is 3.31. The first-order valence-electron chi connectivity index (χ1n) is 8.05. The Bertz CT molecular complexity index is 725. The molecule has 23 heavy (non-hydrogen) atoms. The summed E-state index contributed by atoms with van der Waals surface area (Å²) in [5, 5.41) is 10.4. The van der Waals surface area contributed by atoms with Gasteiger partial charge in [0.25, 0.3) is 5.91 Å². The first-order chi connectivity index (χ1) is 11.2. The van der Waals surface area contributed by atoms with Gasteiger partial charge in [-0.3, -0.25) is 9.89 Å². The highest BCUT2D eigenvalue weighted by Crippen LogP contribution is 2.39. The zero-order valence-electron chi connectivity index (χ0n) is 12.8. The van der Waals surface area contributed by atoms with E-state index in [0.717, 1.165) is 30.6 Å². The Balaban J connectivity index is 1.59. The smallest absolute Gasteiger partial charge is 0.274 e. The third-order valence-corrected chi connectivity index (χ3v) is 4.57. The normalized spacial score (nSPS) is 21.4. The molecule has 0 bridgehead atoms. The molecule has 2 N–H and O–H groups in total. The molecule has 1 aromatic carbocycles. The molecule has 4 rings (SSSR count). The molecule has 2 aromatic rings. The van der Waals surface area contributed by atoms with Gasteiger partial charge in [-0.1, -0.05) is 12.1 Å². The molecule has 6 heteroatoms. The van der Waals surface area contributed by atoms with Crippen molar-refractivity contribution in [3.8, 4) is 0 Å². The fourth-order valence-corrected chi connectivity index (χ4v) is 3.16. The van der Waals surface area contributed by atoms with E-state index in [9.17, 15) is 9.18 Å². The molecule has 0 spiro atoms. The molecule has 1 aromatic heterocycles. The molecule has 0 radical (unpaired) electrons. The van der Waals surface area contributed by atoms with E-state index >= 15 is 0 Å². The molecule has 2 heterocycles. The monoisotopic (exact) mass is 314 g/mol. The Labute approximate surface area is 133 Å². The minimum absolute atomic E-state index is 0.0936. The second-order valence-corrected chi connectivity index (χ2v) is 6.26. The van der Waals surface area contributed by atoms with Crippen molar-refractivity contribution in [1.29, 1.82) is 0 Å². The van der Waals surface area contributed by atoms with E-state index in [0.29, 0.717) is 24.7 Å². The summed E-state index contributed by atoms with van der Waals surface area (Å²) < 4.78 is 13.5. The van der Waals surface area contributed by atoms with Crippen LogP contribution in [0.5, 0.6) is 0 Å². The highest BCUT2D eigenvalue weighted by Gasteiger charge is 2.32. The van der Waals surface area contributed by atoms with E-state index in [1.807, 2.05) is 12.1 Å². The number of halogens is 1. The molecule has 1 amide bonds. The van der Waals surface area contributed by atoms with Gasteiger partial charge in [-0.2, -0.15) is 5.10 Å². The molecule has 120 valence electrons. The molecule has 5 nitrogen and oxygen atoms in total. The van der Waals surface area contributed by atoms with E-state index in [1.54, 1.807) is 11.0 Å². The highest BCUT2D eigenvalue weighted by molar-refractivity contribution is 5.92. The molecule has 2 fully saturated rings. The number of aromatic nitrogens is 2. The van der Waals surface area contributed by atoms with Crippen LogP contribution in [0.4, 0.5) is 4.39 Å². The van der Waals surface area contributed by atoms with Gasteiger partial charge in [0.05, 0.1) is 6.04 Å². The third kappa shape index (κ3) is 2.86. The van der Waals surface area contributed by atoms with E-state index in [4.69, 9.17) is 0 Å². The van der Waals surface area contributed by atoms with Crippen LogP contribution < -0.4 is 5.32 Å². The number of nitrogens with one attached hydrogen (secondary N) is 2. The zero-order valence-corrected chi connectivity index (χ0v) is 12.8. The van der Waals surface area contributed by atoms with Crippen molar-refractivity contribution >= 4 is 5.91 Å². The summed E-state index contributed by atoms with van der Waals surface area (Å²) in [5.41, 5.74) is 2.31. The third-order valence-electron chi connectivity index (χ3n) is 4.57. The molecular weight excluding hydrogens is 295 g/mol. The summed E-state index contributed by atoms with van der Waals surface area (Å²) in [6, 6.07) is 8.15. The summed E-state index contributed by atoms with van der Waals surface area (Å²) >= 11 is 0. The number of aromatic amines is 1. The minimum atomic E-state index is -0.281. The van der Waals surface area contributed by atoms with Crippen LogP contribution >= 0.6 is 0 Å². The minimum Gasteiger partial charge on any atom is -0.328 e. The van der Waals surface area contributed by atoms with Crippen molar-refractivity contribution < 1.29 is 9.18 Å². The average molecular weight is 314 g/mol.